The zero-order chi connectivity index (χ0) is 8.04. The van der Waals surface area contributed by atoms with Crippen molar-refractivity contribution in [1.82, 2.24) is 0 Å². The van der Waals surface area contributed by atoms with Gasteiger partial charge in [0.2, 0.25) is 0 Å². The Bertz CT molecular complexity index is 80.2. The average Bonchev–Trinajstić information content (AvgIpc) is 1.78. The number of hydrogen-bond acceptors (Lipinski definition) is 4. The van der Waals surface area contributed by atoms with E-state index in [-0.39, 0.29) is 6.61 Å². The summed E-state index contributed by atoms with van der Waals surface area (Å²) >= 11 is 0. The molecule has 5 heteroatoms. The van der Waals surface area contributed by atoms with E-state index in [1.54, 1.807) is 0 Å². The Hall–Kier alpha value is 0.270. The van der Waals surface area contributed by atoms with Crippen LogP contribution in [-0.2, 0) is 9.26 Å². The third-order valence-electron chi connectivity index (χ3n) is 0.807. The predicted octanol–water partition coefficient (Wildman–Crippen LogP) is 0.149. The minimum atomic E-state index is -3.29. The van der Waals surface area contributed by atoms with Gasteiger partial charge in [-0.2, -0.15) is 0 Å². The molecule has 0 saturated carbocycles. The van der Waals surface area contributed by atoms with Crippen molar-refractivity contribution >= 4 is 7.94 Å². The van der Waals surface area contributed by atoms with Gasteiger partial charge in [0.05, 0.1) is 0 Å². The summed E-state index contributed by atoms with van der Waals surface area (Å²) in [6.45, 7) is 4.45. The van der Waals surface area contributed by atoms with Crippen LogP contribution in [0.2, 0.25) is 0 Å². The molecule has 0 aromatic heterocycles. The summed E-state index contributed by atoms with van der Waals surface area (Å²) in [4.78, 5) is 17.5. The maximum atomic E-state index is 8.73. The van der Waals surface area contributed by atoms with E-state index in [1.807, 2.05) is 6.92 Å². The summed E-state index contributed by atoms with van der Waals surface area (Å²) in [7, 11) is -3.29. The Morgan fingerprint density at radius 3 is 2.30 bits per heavy atom. The van der Waals surface area contributed by atoms with E-state index in [2.05, 4.69) is 4.52 Å². The third-order valence-corrected chi connectivity index (χ3v) is 1.56. The molecule has 0 aliphatic heterocycles. The molecule has 0 aromatic carbocycles. The van der Waals surface area contributed by atoms with E-state index in [0.717, 1.165) is 0 Å². The van der Waals surface area contributed by atoms with Crippen LogP contribution in [0.1, 0.15) is 6.92 Å². The van der Waals surface area contributed by atoms with Crippen molar-refractivity contribution < 1.29 is 19.0 Å². The van der Waals surface area contributed by atoms with E-state index in [1.165, 1.54) is 6.66 Å². The molecule has 4 nitrogen and oxygen atoms in total. The van der Waals surface area contributed by atoms with Gasteiger partial charge >= 0.3 is 60.4 Å². The SMILES string of the molecule is CCOCCO[PH](C)(O)O. The van der Waals surface area contributed by atoms with Gasteiger partial charge in [-0.3, -0.25) is 0 Å². The average molecular weight is 170 g/mol. The Kier molecular flexibility index (Phi) is 5.13. The number of hydrogen-bond donors (Lipinski definition) is 2. The first-order valence-electron chi connectivity index (χ1n) is 3.22. The fraction of sp³-hybridized carbons (Fsp3) is 1.00. The molecule has 64 valence electrons. The zero-order valence-corrected chi connectivity index (χ0v) is 7.33. The second kappa shape index (κ2) is 4.99. The van der Waals surface area contributed by atoms with E-state index >= 15 is 0 Å². The Morgan fingerprint density at radius 2 is 1.90 bits per heavy atom. The molecule has 10 heavy (non-hydrogen) atoms. The Labute approximate surface area is 61.4 Å². The van der Waals surface area contributed by atoms with Crippen molar-refractivity contribution in [3.8, 4) is 0 Å². The molecule has 0 bridgehead atoms. The summed E-state index contributed by atoms with van der Waals surface area (Å²) in [5, 5.41) is 0. The van der Waals surface area contributed by atoms with Crippen LogP contribution in [0.3, 0.4) is 0 Å². The van der Waals surface area contributed by atoms with Gasteiger partial charge in [-0.25, -0.2) is 0 Å². The van der Waals surface area contributed by atoms with Crippen LogP contribution in [0.5, 0.6) is 0 Å². The molecule has 0 rings (SSSR count). The van der Waals surface area contributed by atoms with E-state index in [9.17, 15) is 0 Å². The minimum absolute atomic E-state index is 0.254. The van der Waals surface area contributed by atoms with Crippen molar-refractivity contribution in [2.45, 2.75) is 6.92 Å². The molecule has 0 heterocycles. The molecule has 0 aliphatic rings. The quantitative estimate of drug-likeness (QED) is 0.455. The standard InChI is InChI=1S/C5H15O4P/c1-3-8-4-5-9-10(2,6)7/h6-7,10H,3-5H2,1-2H3. The molecule has 0 radical (unpaired) electrons. The topological polar surface area (TPSA) is 58.9 Å². The molecule has 0 unspecified atom stereocenters. The molecule has 0 saturated heterocycles. The Morgan fingerprint density at radius 1 is 1.30 bits per heavy atom. The van der Waals surface area contributed by atoms with Crippen molar-refractivity contribution in [1.29, 1.82) is 0 Å². The summed E-state index contributed by atoms with van der Waals surface area (Å²) < 4.78 is 9.56. The molecule has 0 spiro atoms. The predicted molar refractivity (Wildman–Crippen MR) is 41.1 cm³/mol. The third kappa shape index (κ3) is 8.27. The molecule has 0 atom stereocenters. The molecule has 0 aliphatic carbocycles. The number of rotatable bonds is 5. The van der Waals surface area contributed by atoms with Gasteiger partial charge in [-0.1, -0.05) is 0 Å². The van der Waals surface area contributed by atoms with E-state index < -0.39 is 7.94 Å². The Balaban J connectivity index is 3.04. The normalized spacial score (nSPS) is 13.6. The van der Waals surface area contributed by atoms with Gasteiger partial charge in [0.1, 0.15) is 0 Å². The van der Waals surface area contributed by atoms with E-state index in [0.29, 0.717) is 13.2 Å². The summed E-state index contributed by atoms with van der Waals surface area (Å²) in [5.41, 5.74) is 0. The van der Waals surface area contributed by atoms with Crippen LogP contribution in [-0.4, -0.2) is 36.3 Å². The first kappa shape index (κ1) is 10.3. The van der Waals surface area contributed by atoms with Gasteiger partial charge < -0.3 is 0 Å². The summed E-state index contributed by atoms with van der Waals surface area (Å²) in [6, 6.07) is 0. The maximum absolute atomic E-state index is 8.73. The van der Waals surface area contributed by atoms with Gasteiger partial charge in [0.15, 0.2) is 0 Å². The molecule has 2 N–H and O–H groups in total. The van der Waals surface area contributed by atoms with Gasteiger partial charge in [-0.15, -0.1) is 0 Å². The van der Waals surface area contributed by atoms with Crippen LogP contribution >= 0.6 is 7.94 Å². The summed E-state index contributed by atoms with van der Waals surface area (Å²) in [5.74, 6) is 0. The van der Waals surface area contributed by atoms with Crippen molar-refractivity contribution in [2.75, 3.05) is 26.5 Å². The van der Waals surface area contributed by atoms with E-state index in [4.69, 9.17) is 14.5 Å². The fourth-order valence-corrected chi connectivity index (χ4v) is 0.908. The second-order valence-corrected chi connectivity index (χ2v) is 4.14. The van der Waals surface area contributed by atoms with Gasteiger partial charge in [0.25, 0.3) is 0 Å². The first-order chi connectivity index (χ1) is 4.56. The van der Waals surface area contributed by atoms with Crippen LogP contribution in [0.4, 0.5) is 0 Å². The molecular weight excluding hydrogens is 155 g/mol. The van der Waals surface area contributed by atoms with Crippen molar-refractivity contribution in [3.63, 3.8) is 0 Å². The monoisotopic (exact) mass is 170 g/mol. The molecular formula is C5H15O4P. The van der Waals surface area contributed by atoms with Crippen LogP contribution < -0.4 is 0 Å². The number of ether oxygens (including phenoxy) is 1. The van der Waals surface area contributed by atoms with Gasteiger partial charge in [-0.05, 0) is 0 Å². The second-order valence-electron chi connectivity index (χ2n) is 1.98. The fourth-order valence-electron chi connectivity index (χ4n) is 0.438. The van der Waals surface area contributed by atoms with Crippen LogP contribution in [0.15, 0.2) is 0 Å². The first-order valence-corrected chi connectivity index (χ1v) is 5.53. The molecule has 0 fully saturated rings. The molecule has 0 aromatic rings. The van der Waals surface area contributed by atoms with Crippen molar-refractivity contribution in [3.05, 3.63) is 0 Å². The summed E-state index contributed by atoms with van der Waals surface area (Å²) in [6.07, 6.45) is 0. The molecule has 0 amide bonds. The van der Waals surface area contributed by atoms with Crippen LogP contribution in [0, 0.1) is 0 Å². The van der Waals surface area contributed by atoms with Crippen molar-refractivity contribution in [2.24, 2.45) is 0 Å². The van der Waals surface area contributed by atoms with Crippen LogP contribution in [0.25, 0.3) is 0 Å². The zero-order valence-electron chi connectivity index (χ0n) is 6.33. The van der Waals surface area contributed by atoms with Gasteiger partial charge in [0, 0.05) is 0 Å².